The molecular formula is C62H42N2O2Si. The van der Waals surface area contributed by atoms with Crippen molar-refractivity contribution >= 4 is 129 Å². The number of nitrogens with zero attached hydrogens (tertiary/aromatic N) is 2. The summed E-state index contributed by atoms with van der Waals surface area (Å²) in [5, 5.41) is 14.9. The molecule has 0 amide bonds. The third kappa shape index (κ3) is 5.59. The Morgan fingerprint density at radius 3 is 1.63 bits per heavy atom. The van der Waals surface area contributed by atoms with Gasteiger partial charge in [-0.3, -0.25) is 0 Å². The monoisotopic (exact) mass is 874 g/mol. The Hall–Kier alpha value is -8.38. The first kappa shape index (κ1) is 37.9. The Bertz CT molecular complexity index is 4150. The van der Waals surface area contributed by atoms with Crippen molar-refractivity contribution < 1.29 is 8.83 Å². The number of fused-ring (bicyclic) bond motifs is 12. The van der Waals surface area contributed by atoms with E-state index in [4.69, 9.17) is 8.83 Å². The van der Waals surface area contributed by atoms with Crippen LogP contribution in [0.15, 0.2) is 227 Å². The number of furan rings is 2. The zero-order chi connectivity index (χ0) is 44.4. The van der Waals surface area contributed by atoms with Gasteiger partial charge < -0.3 is 18.6 Å². The summed E-state index contributed by atoms with van der Waals surface area (Å²) in [6, 6.07) is 79.5. The molecule has 5 heteroatoms. The Morgan fingerprint density at radius 2 is 0.866 bits per heavy atom. The maximum Gasteiger partial charge on any atom is 0.159 e. The predicted octanol–water partition coefficient (Wildman–Crippen LogP) is 16.7. The molecule has 4 nitrogen and oxygen atoms in total. The molecule has 0 unspecified atom stereocenters. The summed E-state index contributed by atoms with van der Waals surface area (Å²) < 4.78 is 13.0. The Labute approximate surface area is 388 Å². The SMILES string of the molecule is C[Si]1(C)c2cc(N(c3ccccc3)c3cccc4c3oc3ccccc34)ccc2-c2cc3c4ccccc4c(N(c4ccccc4)c4ccc5oc6ccccc6c5c4)cc3c3cccc1c23. The summed E-state index contributed by atoms with van der Waals surface area (Å²) in [5.74, 6) is 0. The fraction of sp³-hybridized carbons (Fsp3) is 0.0323. The van der Waals surface area contributed by atoms with Gasteiger partial charge in [0.25, 0.3) is 0 Å². The zero-order valence-corrected chi connectivity index (χ0v) is 38.0. The van der Waals surface area contributed by atoms with Gasteiger partial charge in [0, 0.05) is 49.7 Å². The lowest BCUT2D eigenvalue weighted by atomic mass is 9.89. The first-order valence-electron chi connectivity index (χ1n) is 23.1. The summed E-state index contributed by atoms with van der Waals surface area (Å²) in [6.45, 7) is 5.06. The number of anilines is 6. The Kier molecular flexibility index (Phi) is 8.10. The summed E-state index contributed by atoms with van der Waals surface area (Å²) in [4.78, 5) is 4.81. The van der Waals surface area contributed by atoms with Crippen LogP contribution >= 0.6 is 0 Å². The van der Waals surface area contributed by atoms with Crippen LogP contribution in [0.25, 0.3) is 87.3 Å². The molecule has 0 aliphatic carbocycles. The average molecular weight is 875 g/mol. The second-order valence-electron chi connectivity index (χ2n) is 18.4. The molecule has 316 valence electrons. The minimum atomic E-state index is -2.31. The van der Waals surface area contributed by atoms with Crippen LogP contribution in [0.4, 0.5) is 34.1 Å². The standard InChI is InChI=1S/C62H42N2O2Si/c1-67(2)59-30-16-25-48-51-38-55(64(40-19-7-4-8-20-40)41-32-34-58-52(35-41)46-24-12-13-28-56(46)65-58)44-22-10-9-21-43(44)50(51)37-53(61(48)59)47-33-31-42(36-60(47)67)63(39-17-5-3-6-18-39)54-27-15-26-49-45-23-11-14-29-57(45)66-62(49)54/h3-38H,1-2H3. The van der Waals surface area contributed by atoms with E-state index in [-0.39, 0.29) is 0 Å². The van der Waals surface area contributed by atoms with Gasteiger partial charge in [0.05, 0.1) is 11.4 Å². The van der Waals surface area contributed by atoms with Crippen molar-refractivity contribution in [2.75, 3.05) is 9.80 Å². The van der Waals surface area contributed by atoms with Crippen molar-refractivity contribution in [3.05, 3.63) is 218 Å². The van der Waals surface area contributed by atoms with Crippen molar-refractivity contribution in [1.29, 1.82) is 0 Å². The molecule has 0 fully saturated rings. The molecule has 0 bridgehead atoms. The minimum Gasteiger partial charge on any atom is -0.456 e. The van der Waals surface area contributed by atoms with Crippen molar-refractivity contribution in [2.24, 2.45) is 0 Å². The van der Waals surface area contributed by atoms with Crippen molar-refractivity contribution in [3.8, 4) is 11.1 Å². The molecular weight excluding hydrogens is 833 g/mol. The van der Waals surface area contributed by atoms with Crippen molar-refractivity contribution in [1.82, 2.24) is 0 Å². The van der Waals surface area contributed by atoms with Crippen LogP contribution in [0.2, 0.25) is 13.1 Å². The fourth-order valence-electron chi connectivity index (χ4n) is 11.3. The molecule has 14 rings (SSSR count). The molecule has 2 aromatic heterocycles. The van der Waals surface area contributed by atoms with E-state index >= 15 is 0 Å². The zero-order valence-electron chi connectivity index (χ0n) is 37.0. The smallest absolute Gasteiger partial charge is 0.159 e. The van der Waals surface area contributed by atoms with E-state index in [1.165, 1.54) is 53.8 Å². The summed E-state index contributed by atoms with van der Waals surface area (Å²) >= 11 is 0. The molecule has 0 radical (unpaired) electrons. The van der Waals surface area contributed by atoms with Gasteiger partial charge in [-0.05, 0) is 133 Å². The molecule has 0 N–H and O–H groups in total. The molecule has 11 aromatic carbocycles. The van der Waals surface area contributed by atoms with Gasteiger partial charge in [-0.15, -0.1) is 0 Å². The Morgan fingerprint density at radius 1 is 0.313 bits per heavy atom. The topological polar surface area (TPSA) is 32.8 Å². The normalized spacial score (nSPS) is 13.0. The highest BCUT2D eigenvalue weighted by atomic mass is 28.3. The quantitative estimate of drug-likeness (QED) is 0.123. The van der Waals surface area contributed by atoms with Crippen LogP contribution in [-0.4, -0.2) is 8.07 Å². The molecule has 67 heavy (non-hydrogen) atoms. The first-order valence-corrected chi connectivity index (χ1v) is 26.1. The van der Waals surface area contributed by atoms with E-state index in [2.05, 4.69) is 229 Å². The molecule has 0 saturated carbocycles. The van der Waals surface area contributed by atoms with Crippen LogP contribution in [0.3, 0.4) is 0 Å². The lowest BCUT2D eigenvalue weighted by molar-refractivity contribution is 0.668. The second kappa shape index (κ2) is 14.3. The molecule has 1 aliphatic rings. The van der Waals surface area contributed by atoms with Crippen molar-refractivity contribution in [3.63, 3.8) is 0 Å². The van der Waals surface area contributed by atoms with Gasteiger partial charge in [0.1, 0.15) is 24.8 Å². The first-order chi connectivity index (χ1) is 33.0. The fourth-order valence-corrected chi connectivity index (χ4v) is 14.4. The highest BCUT2D eigenvalue weighted by Gasteiger charge is 2.37. The van der Waals surface area contributed by atoms with E-state index in [0.717, 1.165) is 78.0 Å². The number of hydrogen-bond acceptors (Lipinski definition) is 4. The highest BCUT2D eigenvalue weighted by Crippen LogP contribution is 2.48. The number of rotatable bonds is 6. The molecule has 13 aromatic rings. The maximum atomic E-state index is 6.68. The van der Waals surface area contributed by atoms with Crippen LogP contribution in [0, 0.1) is 0 Å². The highest BCUT2D eigenvalue weighted by molar-refractivity contribution is 7.03. The minimum absolute atomic E-state index is 0.885. The van der Waals surface area contributed by atoms with Gasteiger partial charge >= 0.3 is 0 Å². The largest absolute Gasteiger partial charge is 0.456 e. The van der Waals surface area contributed by atoms with Crippen LogP contribution < -0.4 is 20.2 Å². The maximum absolute atomic E-state index is 6.68. The van der Waals surface area contributed by atoms with E-state index in [1.807, 2.05) is 12.1 Å². The van der Waals surface area contributed by atoms with Gasteiger partial charge in [-0.25, -0.2) is 0 Å². The summed E-state index contributed by atoms with van der Waals surface area (Å²) in [7, 11) is -2.31. The van der Waals surface area contributed by atoms with Gasteiger partial charge in [-0.1, -0.05) is 147 Å². The van der Waals surface area contributed by atoms with E-state index in [9.17, 15) is 0 Å². The third-order valence-corrected chi connectivity index (χ3v) is 17.9. The van der Waals surface area contributed by atoms with Gasteiger partial charge in [0.2, 0.25) is 0 Å². The van der Waals surface area contributed by atoms with Crippen LogP contribution in [-0.2, 0) is 0 Å². The van der Waals surface area contributed by atoms with Gasteiger partial charge in [0.15, 0.2) is 5.58 Å². The van der Waals surface area contributed by atoms with E-state index < -0.39 is 8.07 Å². The van der Waals surface area contributed by atoms with Gasteiger partial charge in [-0.2, -0.15) is 0 Å². The predicted molar refractivity (Wildman–Crippen MR) is 285 cm³/mol. The summed E-state index contributed by atoms with van der Waals surface area (Å²) in [6.07, 6.45) is 0. The van der Waals surface area contributed by atoms with Crippen molar-refractivity contribution in [2.45, 2.75) is 13.1 Å². The number of para-hydroxylation sites is 5. The average Bonchev–Trinajstić information content (AvgIpc) is 3.95. The number of benzene rings is 11. The number of hydrogen-bond donors (Lipinski definition) is 0. The summed E-state index contributed by atoms with van der Waals surface area (Å²) in [5.41, 5.74) is 12.7. The molecule has 3 heterocycles. The van der Waals surface area contributed by atoms with Crippen LogP contribution in [0.5, 0.6) is 0 Å². The van der Waals surface area contributed by atoms with Crippen LogP contribution in [0.1, 0.15) is 0 Å². The van der Waals surface area contributed by atoms with E-state index in [1.54, 1.807) is 0 Å². The van der Waals surface area contributed by atoms with E-state index in [0.29, 0.717) is 0 Å². The third-order valence-electron chi connectivity index (χ3n) is 14.4. The molecule has 0 atom stereocenters. The second-order valence-corrected chi connectivity index (χ2v) is 22.7. The molecule has 1 aliphatic heterocycles. The molecule has 0 saturated heterocycles. The lowest BCUT2D eigenvalue weighted by Crippen LogP contribution is -2.56. The molecule has 0 spiro atoms. The Balaban J connectivity index is 0.997. The lowest BCUT2D eigenvalue weighted by Gasteiger charge is -2.36.